The standard InChI is InChI=1S/C8H11.Ti/c1-6-4-5-7(2)8(6)3;/h4H,1,5H2,2-3H3;. The molecule has 0 aliphatic heterocycles. The maximum atomic E-state index is 2.34. The SMILES string of the molecule is CC1=C(C)C([CH2][Ti])=CC1. The van der Waals surface area contributed by atoms with Crippen molar-refractivity contribution in [1.82, 2.24) is 0 Å². The summed E-state index contributed by atoms with van der Waals surface area (Å²) in [4.78, 5) is 0. The second kappa shape index (κ2) is 2.85. The predicted molar refractivity (Wildman–Crippen MR) is 35.9 cm³/mol. The van der Waals surface area contributed by atoms with E-state index in [1.807, 2.05) is 0 Å². The van der Waals surface area contributed by atoms with E-state index in [0.29, 0.717) is 0 Å². The average Bonchev–Trinajstić information content (AvgIpc) is 2.15. The zero-order chi connectivity index (χ0) is 6.85. The van der Waals surface area contributed by atoms with Crippen molar-refractivity contribution in [2.75, 3.05) is 0 Å². The zero-order valence-electron chi connectivity index (χ0n) is 5.99. The van der Waals surface area contributed by atoms with Gasteiger partial charge >= 0.3 is 68.2 Å². The summed E-state index contributed by atoms with van der Waals surface area (Å²) in [5.41, 5.74) is 4.62. The third kappa shape index (κ3) is 1.36. The van der Waals surface area contributed by atoms with E-state index in [1.54, 1.807) is 11.1 Å². The summed E-state index contributed by atoms with van der Waals surface area (Å²) in [5, 5.41) is 0. The van der Waals surface area contributed by atoms with Gasteiger partial charge in [-0.25, -0.2) is 0 Å². The van der Waals surface area contributed by atoms with Gasteiger partial charge in [0.15, 0.2) is 0 Å². The molecule has 0 bridgehead atoms. The van der Waals surface area contributed by atoms with Gasteiger partial charge in [-0.3, -0.25) is 0 Å². The Balaban J connectivity index is 2.79. The summed E-state index contributed by atoms with van der Waals surface area (Å²) in [6.07, 6.45) is 3.53. The van der Waals surface area contributed by atoms with Crippen molar-refractivity contribution < 1.29 is 20.4 Å². The van der Waals surface area contributed by atoms with Crippen LogP contribution in [0.3, 0.4) is 0 Å². The molecule has 1 heteroatoms. The Morgan fingerprint density at radius 1 is 1.56 bits per heavy atom. The van der Waals surface area contributed by atoms with Gasteiger partial charge in [-0.2, -0.15) is 0 Å². The van der Waals surface area contributed by atoms with Gasteiger partial charge in [-0.05, 0) is 0 Å². The van der Waals surface area contributed by atoms with Gasteiger partial charge in [0.25, 0.3) is 0 Å². The van der Waals surface area contributed by atoms with Gasteiger partial charge in [0.2, 0.25) is 0 Å². The normalized spacial score (nSPS) is 18.6. The predicted octanol–water partition coefficient (Wildman–Crippen LogP) is 2.62. The number of rotatable bonds is 1. The van der Waals surface area contributed by atoms with Crippen LogP contribution in [0.25, 0.3) is 0 Å². The van der Waals surface area contributed by atoms with Gasteiger partial charge in [-0.1, -0.05) is 0 Å². The first kappa shape index (κ1) is 7.30. The molecular weight excluding hydrogens is 144 g/mol. The van der Waals surface area contributed by atoms with Crippen LogP contribution in [0.2, 0.25) is 4.73 Å². The molecule has 47 valence electrons. The summed E-state index contributed by atoms with van der Waals surface area (Å²) < 4.78 is 1.20. The van der Waals surface area contributed by atoms with Crippen LogP contribution >= 0.6 is 0 Å². The van der Waals surface area contributed by atoms with Crippen LogP contribution in [-0.4, -0.2) is 0 Å². The molecule has 0 unspecified atom stereocenters. The van der Waals surface area contributed by atoms with E-state index in [9.17, 15) is 0 Å². The quantitative estimate of drug-likeness (QED) is 0.510. The second-order valence-corrected chi connectivity index (χ2v) is 3.07. The Hall–Kier alpha value is 0.194. The van der Waals surface area contributed by atoms with Crippen molar-refractivity contribution >= 4 is 0 Å². The van der Waals surface area contributed by atoms with Gasteiger partial charge in [-0.15, -0.1) is 0 Å². The van der Waals surface area contributed by atoms with E-state index in [4.69, 9.17) is 0 Å². The Morgan fingerprint density at radius 3 is 2.44 bits per heavy atom. The second-order valence-electron chi connectivity index (χ2n) is 2.52. The molecule has 0 radical (unpaired) electrons. The molecule has 0 fully saturated rings. The Labute approximate surface area is 68.4 Å². The van der Waals surface area contributed by atoms with Crippen LogP contribution in [0.15, 0.2) is 22.8 Å². The molecule has 0 heterocycles. The molecule has 0 spiro atoms. The molecular formula is C8H11Ti. The van der Waals surface area contributed by atoms with E-state index in [1.165, 1.54) is 16.7 Å². The van der Waals surface area contributed by atoms with Crippen LogP contribution in [0.1, 0.15) is 20.3 Å². The van der Waals surface area contributed by atoms with E-state index >= 15 is 0 Å². The molecule has 1 aliphatic carbocycles. The summed E-state index contributed by atoms with van der Waals surface area (Å²) in [7, 11) is 0. The number of hydrogen-bond donors (Lipinski definition) is 0. The van der Waals surface area contributed by atoms with Crippen molar-refractivity contribution in [2.45, 2.75) is 25.0 Å². The molecule has 0 amide bonds. The number of allylic oxidation sites excluding steroid dienone is 4. The van der Waals surface area contributed by atoms with Crippen LogP contribution in [0.4, 0.5) is 0 Å². The van der Waals surface area contributed by atoms with Crippen LogP contribution in [0.5, 0.6) is 0 Å². The van der Waals surface area contributed by atoms with Crippen molar-refractivity contribution in [3.05, 3.63) is 22.8 Å². The van der Waals surface area contributed by atoms with Crippen LogP contribution < -0.4 is 0 Å². The van der Waals surface area contributed by atoms with E-state index in [2.05, 4.69) is 40.4 Å². The molecule has 0 aromatic heterocycles. The summed E-state index contributed by atoms with van der Waals surface area (Å²) in [6.45, 7) is 4.44. The molecule has 0 saturated carbocycles. The van der Waals surface area contributed by atoms with Crippen LogP contribution in [0, 0.1) is 0 Å². The Morgan fingerprint density at radius 2 is 2.22 bits per heavy atom. The molecule has 0 aromatic carbocycles. The molecule has 0 nitrogen and oxygen atoms in total. The summed E-state index contributed by atoms with van der Waals surface area (Å²) in [5.74, 6) is 0. The van der Waals surface area contributed by atoms with E-state index < -0.39 is 0 Å². The van der Waals surface area contributed by atoms with Crippen molar-refractivity contribution in [2.24, 2.45) is 0 Å². The topological polar surface area (TPSA) is 0 Å². The fourth-order valence-electron chi connectivity index (χ4n) is 1.06. The maximum absolute atomic E-state index is 2.34. The fraction of sp³-hybridized carbons (Fsp3) is 0.500. The minimum absolute atomic E-state index is 1.19. The average molecular weight is 155 g/mol. The molecule has 0 aromatic rings. The molecule has 9 heavy (non-hydrogen) atoms. The molecule has 0 N–H and O–H groups in total. The third-order valence-electron chi connectivity index (χ3n) is 1.97. The van der Waals surface area contributed by atoms with Crippen molar-refractivity contribution in [1.29, 1.82) is 0 Å². The van der Waals surface area contributed by atoms with E-state index in [-0.39, 0.29) is 0 Å². The zero-order valence-corrected chi connectivity index (χ0v) is 7.55. The fourth-order valence-corrected chi connectivity index (χ4v) is 1.70. The Kier molecular flexibility index (Phi) is 2.31. The van der Waals surface area contributed by atoms with Gasteiger partial charge in [0.1, 0.15) is 0 Å². The molecule has 1 aliphatic rings. The first-order valence-corrected chi connectivity index (χ1v) is 4.36. The first-order valence-electron chi connectivity index (χ1n) is 3.26. The molecule has 0 atom stereocenters. The summed E-state index contributed by atoms with van der Waals surface area (Å²) in [6, 6.07) is 0. The third-order valence-corrected chi connectivity index (χ3v) is 2.56. The van der Waals surface area contributed by atoms with Gasteiger partial charge < -0.3 is 0 Å². The molecule has 1 rings (SSSR count). The minimum atomic E-state index is 1.19. The first-order chi connectivity index (χ1) is 4.25. The summed E-state index contributed by atoms with van der Waals surface area (Å²) >= 11 is 2.22. The monoisotopic (exact) mass is 155 g/mol. The van der Waals surface area contributed by atoms with Crippen molar-refractivity contribution in [3.8, 4) is 0 Å². The van der Waals surface area contributed by atoms with E-state index in [0.717, 1.165) is 0 Å². The molecule has 0 saturated heterocycles. The van der Waals surface area contributed by atoms with Crippen molar-refractivity contribution in [3.63, 3.8) is 0 Å². The van der Waals surface area contributed by atoms with Crippen LogP contribution in [-0.2, 0) is 20.4 Å². The number of hydrogen-bond acceptors (Lipinski definition) is 0. The van der Waals surface area contributed by atoms with Gasteiger partial charge in [0, 0.05) is 0 Å². The van der Waals surface area contributed by atoms with Gasteiger partial charge in [0.05, 0.1) is 0 Å². The Bertz CT molecular complexity index is 175.